The number of aromatic amines is 1. The first kappa shape index (κ1) is 26.1. The van der Waals surface area contributed by atoms with Gasteiger partial charge in [0.05, 0.1) is 5.41 Å². The van der Waals surface area contributed by atoms with Crippen LogP contribution in [0.1, 0.15) is 46.8 Å². The number of aromatic nitrogens is 2. The summed E-state index contributed by atoms with van der Waals surface area (Å²) in [7, 11) is 0. The number of hydrogen-bond acceptors (Lipinski definition) is 5. The second-order valence-electron chi connectivity index (χ2n) is 8.69. The van der Waals surface area contributed by atoms with Crippen LogP contribution in [0.3, 0.4) is 0 Å². The zero-order chi connectivity index (χ0) is 25.8. The number of amides is 1. The Morgan fingerprint density at radius 2 is 1.89 bits per heavy atom. The van der Waals surface area contributed by atoms with Crippen LogP contribution in [0.2, 0.25) is 5.02 Å². The summed E-state index contributed by atoms with van der Waals surface area (Å²) in [5.74, 6) is -2.31. The van der Waals surface area contributed by atoms with E-state index < -0.39 is 29.2 Å². The van der Waals surface area contributed by atoms with Crippen LogP contribution >= 0.6 is 11.6 Å². The number of halogens is 2. The number of carboxylic acid groups (broad SMARTS) is 1. The molecule has 0 saturated heterocycles. The van der Waals surface area contributed by atoms with Gasteiger partial charge in [0, 0.05) is 30.1 Å². The number of benzene rings is 2. The third-order valence-electron chi connectivity index (χ3n) is 5.86. The second-order valence-corrected chi connectivity index (χ2v) is 9.13. The summed E-state index contributed by atoms with van der Waals surface area (Å²) < 4.78 is 14.2. The molecule has 0 radical (unpaired) electrons. The van der Waals surface area contributed by atoms with Crippen LogP contribution < -0.4 is 11.1 Å². The summed E-state index contributed by atoms with van der Waals surface area (Å²) in [4.78, 5) is 36.1. The summed E-state index contributed by atoms with van der Waals surface area (Å²) in [6, 6.07) is 12.0. The van der Waals surface area contributed by atoms with Gasteiger partial charge in [-0.3, -0.25) is 19.5 Å². The molecule has 1 heterocycles. The molecule has 1 amide bonds. The van der Waals surface area contributed by atoms with Gasteiger partial charge in [0.15, 0.2) is 5.78 Å². The molecule has 184 valence electrons. The van der Waals surface area contributed by atoms with Gasteiger partial charge >= 0.3 is 5.97 Å². The van der Waals surface area contributed by atoms with Crippen molar-refractivity contribution >= 4 is 29.3 Å². The third kappa shape index (κ3) is 6.32. The highest BCUT2D eigenvalue weighted by molar-refractivity contribution is 6.30. The molecule has 0 unspecified atom stereocenters. The van der Waals surface area contributed by atoms with E-state index >= 15 is 0 Å². The molecule has 0 aliphatic carbocycles. The Kier molecular flexibility index (Phi) is 8.03. The highest BCUT2D eigenvalue weighted by Gasteiger charge is 2.35. The predicted octanol–water partition coefficient (Wildman–Crippen LogP) is 3.85. The monoisotopic (exact) mass is 500 g/mol. The SMILES string of the molecule is CC(=O)c1cc(C(=O)N[C@H](Cc2ccc(-c3cc(Cl)ccc3F)cc2)C[C@@](C)(CN)C(=O)O)[nH]n1. The number of carbonyl (C=O) groups excluding carboxylic acids is 2. The molecule has 0 aliphatic rings. The molecular weight excluding hydrogens is 475 g/mol. The van der Waals surface area contributed by atoms with Crippen LogP contribution in [0.15, 0.2) is 48.5 Å². The first-order chi connectivity index (χ1) is 16.5. The number of aliphatic carboxylic acids is 1. The molecule has 8 nitrogen and oxygen atoms in total. The van der Waals surface area contributed by atoms with Crippen molar-refractivity contribution in [1.29, 1.82) is 0 Å². The van der Waals surface area contributed by atoms with Gasteiger partial charge in [0.2, 0.25) is 0 Å². The van der Waals surface area contributed by atoms with E-state index in [-0.39, 0.29) is 30.1 Å². The minimum Gasteiger partial charge on any atom is -0.481 e. The lowest BCUT2D eigenvalue weighted by molar-refractivity contribution is -0.148. The molecule has 3 rings (SSSR count). The Labute approximate surface area is 206 Å². The molecule has 0 bridgehead atoms. The highest BCUT2D eigenvalue weighted by atomic mass is 35.5. The number of nitrogens with one attached hydrogen (secondary N) is 2. The number of Topliss-reactive ketones (excluding diaryl/α,β-unsaturated/α-hetero) is 1. The van der Waals surface area contributed by atoms with Crippen molar-refractivity contribution in [3.05, 3.63) is 76.3 Å². The number of carboxylic acids is 1. The quantitative estimate of drug-likeness (QED) is 0.312. The molecule has 0 saturated carbocycles. The van der Waals surface area contributed by atoms with Gasteiger partial charge in [0.25, 0.3) is 5.91 Å². The van der Waals surface area contributed by atoms with Crippen LogP contribution in [0, 0.1) is 11.2 Å². The van der Waals surface area contributed by atoms with Gasteiger partial charge in [0.1, 0.15) is 17.2 Å². The normalized spacial score (nSPS) is 13.6. The van der Waals surface area contributed by atoms with Gasteiger partial charge in [-0.1, -0.05) is 35.9 Å². The Hall–Kier alpha value is -3.56. The van der Waals surface area contributed by atoms with E-state index in [1.165, 1.54) is 38.1 Å². The zero-order valence-corrected chi connectivity index (χ0v) is 20.0. The van der Waals surface area contributed by atoms with Gasteiger partial charge in [-0.2, -0.15) is 5.10 Å². The Morgan fingerprint density at radius 1 is 1.20 bits per heavy atom. The largest absolute Gasteiger partial charge is 0.481 e. The molecular formula is C25H26ClFN4O4. The minimum absolute atomic E-state index is 0.0585. The summed E-state index contributed by atoms with van der Waals surface area (Å²) in [6.07, 6.45) is 0.351. The summed E-state index contributed by atoms with van der Waals surface area (Å²) in [6.45, 7) is 2.73. The van der Waals surface area contributed by atoms with Crippen molar-refractivity contribution in [2.45, 2.75) is 32.7 Å². The third-order valence-corrected chi connectivity index (χ3v) is 6.09. The summed E-state index contributed by atoms with van der Waals surface area (Å²) in [5.41, 5.74) is 6.44. The van der Waals surface area contributed by atoms with Gasteiger partial charge in [-0.05, 0) is 55.2 Å². The Bertz CT molecular complexity index is 1240. The fourth-order valence-corrected chi connectivity index (χ4v) is 3.85. The van der Waals surface area contributed by atoms with Crippen LogP contribution in [-0.2, 0) is 11.2 Å². The minimum atomic E-state index is -1.28. The summed E-state index contributed by atoms with van der Waals surface area (Å²) >= 11 is 5.99. The summed E-state index contributed by atoms with van der Waals surface area (Å²) in [5, 5.41) is 19.2. The zero-order valence-electron chi connectivity index (χ0n) is 19.3. The fourth-order valence-electron chi connectivity index (χ4n) is 3.68. The van der Waals surface area contributed by atoms with Crippen molar-refractivity contribution in [3.8, 4) is 11.1 Å². The first-order valence-corrected chi connectivity index (χ1v) is 11.2. The number of ketones is 1. The van der Waals surface area contributed by atoms with E-state index in [2.05, 4.69) is 15.5 Å². The highest BCUT2D eigenvalue weighted by Crippen LogP contribution is 2.28. The first-order valence-electron chi connectivity index (χ1n) is 10.9. The topological polar surface area (TPSA) is 138 Å². The second kappa shape index (κ2) is 10.8. The number of H-pyrrole nitrogens is 1. The van der Waals surface area contributed by atoms with E-state index in [1.54, 1.807) is 24.3 Å². The number of nitrogens with two attached hydrogens (primary N) is 1. The lowest BCUT2D eigenvalue weighted by Crippen LogP contribution is -2.45. The van der Waals surface area contributed by atoms with Crippen molar-refractivity contribution in [2.75, 3.05) is 6.54 Å². The van der Waals surface area contributed by atoms with Crippen LogP contribution in [0.4, 0.5) is 4.39 Å². The van der Waals surface area contributed by atoms with Gasteiger partial charge in [-0.25, -0.2) is 4.39 Å². The molecule has 0 fully saturated rings. The van der Waals surface area contributed by atoms with Crippen LogP contribution in [0.25, 0.3) is 11.1 Å². The molecule has 5 N–H and O–H groups in total. The smallest absolute Gasteiger partial charge is 0.310 e. The average Bonchev–Trinajstić information content (AvgIpc) is 3.32. The Balaban J connectivity index is 1.84. The van der Waals surface area contributed by atoms with E-state index in [4.69, 9.17) is 17.3 Å². The Morgan fingerprint density at radius 3 is 2.46 bits per heavy atom. The molecule has 2 atom stereocenters. The van der Waals surface area contributed by atoms with Crippen LogP contribution in [0.5, 0.6) is 0 Å². The molecule has 0 spiro atoms. The lowest BCUT2D eigenvalue weighted by Gasteiger charge is -2.29. The molecule has 2 aromatic carbocycles. The van der Waals surface area contributed by atoms with E-state index in [0.29, 0.717) is 22.6 Å². The molecule has 0 aliphatic heterocycles. The number of carbonyl (C=O) groups is 3. The molecule has 10 heteroatoms. The van der Waals surface area contributed by atoms with E-state index in [9.17, 15) is 23.9 Å². The van der Waals surface area contributed by atoms with Crippen molar-refractivity contribution in [1.82, 2.24) is 15.5 Å². The predicted molar refractivity (Wildman–Crippen MR) is 130 cm³/mol. The maximum Gasteiger partial charge on any atom is 0.310 e. The molecule has 1 aromatic heterocycles. The van der Waals surface area contributed by atoms with Crippen molar-refractivity contribution in [3.63, 3.8) is 0 Å². The van der Waals surface area contributed by atoms with Crippen molar-refractivity contribution in [2.24, 2.45) is 11.1 Å². The number of hydrogen-bond donors (Lipinski definition) is 4. The van der Waals surface area contributed by atoms with Gasteiger partial charge in [-0.15, -0.1) is 0 Å². The van der Waals surface area contributed by atoms with Gasteiger partial charge < -0.3 is 16.2 Å². The maximum absolute atomic E-state index is 14.2. The van der Waals surface area contributed by atoms with E-state index in [0.717, 1.165) is 5.56 Å². The number of rotatable bonds is 10. The number of nitrogens with zero attached hydrogens (tertiary/aromatic N) is 1. The lowest BCUT2D eigenvalue weighted by atomic mass is 9.82. The maximum atomic E-state index is 14.2. The fraction of sp³-hybridized carbons (Fsp3) is 0.280. The van der Waals surface area contributed by atoms with Crippen molar-refractivity contribution < 1.29 is 23.9 Å². The molecule has 3 aromatic rings. The standard InChI is InChI=1S/C25H26ClFN4O4/c1-14(32)21-11-22(31-30-21)23(33)29-18(12-25(2,13-28)24(34)35)9-15-3-5-16(6-4-15)19-10-17(26)7-8-20(19)27/h3-8,10-11,18H,9,12-13,28H2,1-2H3,(H,29,33)(H,30,31)(H,34,35)/t18-,25+/m1/s1. The molecule has 35 heavy (non-hydrogen) atoms. The average molecular weight is 501 g/mol. The van der Waals surface area contributed by atoms with E-state index in [1.807, 2.05) is 0 Å². The van der Waals surface area contributed by atoms with Crippen LogP contribution in [-0.4, -0.2) is 45.6 Å².